The average Bonchev–Trinajstić information content (AvgIpc) is 2.33. The lowest BCUT2D eigenvalue weighted by Gasteiger charge is -2.11. The molecular weight excluding hydrogens is 341 g/mol. The zero-order valence-electron chi connectivity index (χ0n) is 10.5. The van der Waals surface area contributed by atoms with Crippen molar-refractivity contribution in [3.05, 3.63) is 39.2 Å². The molecular formula is C13H14IN3O. The van der Waals surface area contributed by atoms with Gasteiger partial charge >= 0.3 is 0 Å². The van der Waals surface area contributed by atoms with E-state index < -0.39 is 0 Å². The summed E-state index contributed by atoms with van der Waals surface area (Å²) < 4.78 is 6.94. The van der Waals surface area contributed by atoms with Gasteiger partial charge in [-0.15, -0.1) is 0 Å². The Balaban J connectivity index is 2.37. The number of benzene rings is 1. The minimum Gasteiger partial charge on any atom is -0.439 e. The van der Waals surface area contributed by atoms with Gasteiger partial charge < -0.3 is 10.1 Å². The molecule has 0 amide bonds. The first-order valence-electron chi connectivity index (χ1n) is 5.56. The Morgan fingerprint density at radius 3 is 2.67 bits per heavy atom. The predicted octanol–water partition coefficient (Wildman–Crippen LogP) is 3.53. The smallest absolute Gasteiger partial charge is 0.227 e. The number of nitrogens with zero attached hydrogens (tertiary/aromatic N) is 2. The van der Waals surface area contributed by atoms with E-state index in [2.05, 4.69) is 37.9 Å². The van der Waals surface area contributed by atoms with E-state index in [-0.39, 0.29) is 0 Å². The number of aromatic nitrogens is 2. The van der Waals surface area contributed by atoms with Crippen LogP contribution >= 0.6 is 22.6 Å². The first kappa shape index (κ1) is 13.1. The van der Waals surface area contributed by atoms with Crippen molar-refractivity contribution in [1.82, 2.24) is 9.97 Å². The molecule has 2 aromatic rings. The molecule has 1 N–H and O–H groups in total. The number of aryl methyl sites for hydroxylation is 1. The molecule has 0 unspecified atom stereocenters. The van der Waals surface area contributed by atoms with E-state index in [1.165, 1.54) is 0 Å². The minimum absolute atomic E-state index is 0.592. The molecule has 0 aliphatic carbocycles. The van der Waals surface area contributed by atoms with Crippen LogP contribution in [0, 0.1) is 17.4 Å². The van der Waals surface area contributed by atoms with Crippen LogP contribution < -0.4 is 10.1 Å². The maximum Gasteiger partial charge on any atom is 0.227 e. The topological polar surface area (TPSA) is 47.0 Å². The largest absolute Gasteiger partial charge is 0.439 e. The third kappa shape index (κ3) is 2.90. The van der Waals surface area contributed by atoms with Gasteiger partial charge in [-0.1, -0.05) is 6.07 Å². The number of rotatable bonds is 3. The summed E-state index contributed by atoms with van der Waals surface area (Å²) in [5, 5.41) is 3.04. The highest BCUT2D eigenvalue weighted by Gasteiger charge is 2.10. The van der Waals surface area contributed by atoms with Crippen LogP contribution in [0.2, 0.25) is 0 Å². The van der Waals surface area contributed by atoms with Crippen LogP contribution in [-0.2, 0) is 0 Å². The van der Waals surface area contributed by atoms with Crippen molar-refractivity contribution in [2.45, 2.75) is 13.8 Å². The van der Waals surface area contributed by atoms with Crippen LogP contribution in [-0.4, -0.2) is 17.0 Å². The number of hydrogen-bond acceptors (Lipinski definition) is 4. The molecule has 0 saturated carbocycles. The van der Waals surface area contributed by atoms with Crippen LogP contribution in [0.15, 0.2) is 24.3 Å². The second kappa shape index (κ2) is 5.51. The fourth-order valence-electron chi connectivity index (χ4n) is 1.59. The maximum absolute atomic E-state index is 5.82. The number of hydrogen-bond donors (Lipinski definition) is 1. The summed E-state index contributed by atoms with van der Waals surface area (Å²) in [7, 11) is 1.84. The second-order valence-corrected chi connectivity index (χ2v) is 5.10. The van der Waals surface area contributed by atoms with E-state index in [1.807, 2.05) is 45.2 Å². The second-order valence-electron chi connectivity index (χ2n) is 3.86. The molecule has 0 bridgehead atoms. The molecule has 1 heterocycles. The van der Waals surface area contributed by atoms with Crippen molar-refractivity contribution in [2.24, 2.45) is 0 Å². The molecule has 0 fully saturated rings. The molecule has 2 rings (SSSR count). The summed E-state index contributed by atoms with van der Waals surface area (Å²) in [5.41, 5.74) is 0.905. The van der Waals surface area contributed by atoms with Gasteiger partial charge in [0.15, 0.2) is 0 Å². The van der Waals surface area contributed by atoms with Crippen molar-refractivity contribution in [1.29, 1.82) is 0 Å². The monoisotopic (exact) mass is 355 g/mol. The van der Waals surface area contributed by atoms with E-state index in [1.54, 1.807) is 0 Å². The Labute approximate surface area is 120 Å². The summed E-state index contributed by atoms with van der Waals surface area (Å²) in [4.78, 5) is 8.64. The molecule has 0 aliphatic heterocycles. The van der Waals surface area contributed by atoms with Gasteiger partial charge in [-0.25, -0.2) is 4.98 Å². The normalized spacial score (nSPS) is 10.2. The minimum atomic E-state index is 0.592. The lowest BCUT2D eigenvalue weighted by molar-refractivity contribution is 0.456. The third-order valence-electron chi connectivity index (χ3n) is 2.46. The molecule has 18 heavy (non-hydrogen) atoms. The van der Waals surface area contributed by atoms with E-state index in [4.69, 9.17) is 4.74 Å². The quantitative estimate of drug-likeness (QED) is 0.856. The van der Waals surface area contributed by atoms with Gasteiger partial charge in [0.05, 0.1) is 5.56 Å². The molecule has 0 atom stereocenters. The Kier molecular flexibility index (Phi) is 4.00. The summed E-state index contributed by atoms with van der Waals surface area (Å²) in [6.45, 7) is 3.79. The number of ether oxygens (including phenoxy) is 1. The highest BCUT2D eigenvalue weighted by molar-refractivity contribution is 14.1. The Hall–Kier alpha value is -1.37. The molecule has 0 aliphatic rings. The first-order chi connectivity index (χ1) is 8.60. The van der Waals surface area contributed by atoms with Crippen molar-refractivity contribution in [3.63, 3.8) is 0 Å². The van der Waals surface area contributed by atoms with Gasteiger partial charge in [0, 0.05) is 10.6 Å². The fraction of sp³-hybridized carbons (Fsp3) is 0.231. The average molecular weight is 355 g/mol. The Morgan fingerprint density at radius 1 is 1.22 bits per heavy atom. The molecule has 4 nitrogen and oxygen atoms in total. The fourth-order valence-corrected chi connectivity index (χ4v) is 2.10. The number of halogens is 1. The van der Waals surface area contributed by atoms with Crippen LogP contribution in [0.5, 0.6) is 11.6 Å². The van der Waals surface area contributed by atoms with E-state index in [0.29, 0.717) is 11.7 Å². The predicted molar refractivity (Wildman–Crippen MR) is 80.3 cm³/mol. The molecule has 0 spiro atoms. The molecule has 5 heteroatoms. The lowest BCUT2D eigenvalue weighted by atomic mass is 10.3. The van der Waals surface area contributed by atoms with Gasteiger partial charge in [0.2, 0.25) is 5.88 Å². The summed E-state index contributed by atoms with van der Waals surface area (Å²) in [6, 6.07) is 7.86. The van der Waals surface area contributed by atoms with Crippen LogP contribution in [0.3, 0.4) is 0 Å². The van der Waals surface area contributed by atoms with Crippen LogP contribution in [0.4, 0.5) is 5.82 Å². The summed E-state index contributed by atoms with van der Waals surface area (Å²) in [5.74, 6) is 2.85. The van der Waals surface area contributed by atoms with Gasteiger partial charge in [0.1, 0.15) is 17.4 Å². The maximum atomic E-state index is 5.82. The molecule has 94 valence electrons. The van der Waals surface area contributed by atoms with Crippen molar-refractivity contribution in [2.75, 3.05) is 12.4 Å². The SMILES string of the molecule is CNc1nc(C)nc(Oc2cccc(I)c2)c1C. The molecule has 1 aromatic carbocycles. The van der Waals surface area contributed by atoms with Crippen molar-refractivity contribution < 1.29 is 4.74 Å². The molecule has 1 aromatic heterocycles. The Morgan fingerprint density at radius 2 is 2.00 bits per heavy atom. The zero-order chi connectivity index (χ0) is 13.1. The van der Waals surface area contributed by atoms with Gasteiger partial charge in [-0.05, 0) is 54.6 Å². The summed E-state index contributed by atoms with van der Waals surface area (Å²) >= 11 is 2.25. The van der Waals surface area contributed by atoms with Crippen molar-refractivity contribution >= 4 is 28.4 Å². The summed E-state index contributed by atoms with van der Waals surface area (Å²) in [6.07, 6.45) is 0. The van der Waals surface area contributed by atoms with E-state index in [9.17, 15) is 0 Å². The Bertz CT molecular complexity index is 572. The van der Waals surface area contributed by atoms with Gasteiger partial charge in [-0.3, -0.25) is 0 Å². The van der Waals surface area contributed by atoms with Gasteiger partial charge in [-0.2, -0.15) is 4.98 Å². The zero-order valence-corrected chi connectivity index (χ0v) is 12.6. The molecule has 0 radical (unpaired) electrons. The molecule has 0 saturated heterocycles. The van der Waals surface area contributed by atoms with Crippen LogP contribution in [0.1, 0.15) is 11.4 Å². The lowest BCUT2D eigenvalue weighted by Crippen LogP contribution is -2.02. The van der Waals surface area contributed by atoms with Crippen molar-refractivity contribution in [3.8, 4) is 11.6 Å². The highest BCUT2D eigenvalue weighted by atomic mass is 127. The highest BCUT2D eigenvalue weighted by Crippen LogP contribution is 2.27. The number of nitrogens with one attached hydrogen (secondary N) is 1. The van der Waals surface area contributed by atoms with E-state index in [0.717, 1.165) is 20.7 Å². The van der Waals surface area contributed by atoms with E-state index >= 15 is 0 Å². The number of anilines is 1. The van der Waals surface area contributed by atoms with Gasteiger partial charge in [0.25, 0.3) is 0 Å². The standard InChI is InChI=1S/C13H14IN3O/c1-8-12(15-3)16-9(2)17-13(8)18-11-6-4-5-10(14)7-11/h4-7H,1-3H3,(H,15,16,17). The van der Waals surface area contributed by atoms with Crippen LogP contribution in [0.25, 0.3) is 0 Å². The first-order valence-corrected chi connectivity index (χ1v) is 6.64. The third-order valence-corrected chi connectivity index (χ3v) is 3.13.